The van der Waals surface area contributed by atoms with Crippen LogP contribution >= 0.6 is 0 Å². The molecule has 45 heavy (non-hydrogen) atoms. The van der Waals surface area contributed by atoms with Crippen molar-refractivity contribution < 1.29 is 19.2 Å². The molecule has 2 aromatic rings. The van der Waals surface area contributed by atoms with E-state index in [-0.39, 0.29) is 23.5 Å². The standard InChI is InChI=1S/C35H52N6O4/c1-4-33(43)37-30(35(45)40-23-21-39(3)22-24-40)25-28-13-11-27(12-14-28)16-18-32(42)29(17-15-26-9-7-6-8-10-26)38-34(44)31-19-20-36-41(31)5-2/h11-14,19-20,26,29-30H,4-10,15-18,21-25H2,1-3H3,(H,37,43)(H,38,44)/t29-,30+/m0/s1. The van der Waals surface area contributed by atoms with Crippen LogP contribution in [0.4, 0.5) is 0 Å². The number of aromatic nitrogens is 2. The Hall–Kier alpha value is -3.53. The maximum Gasteiger partial charge on any atom is 0.270 e. The van der Waals surface area contributed by atoms with Crippen LogP contribution in [0.15, 0.2) is 36.5 Å². The van der Waals surface area contributed by atoms with Gasteiger partial charge in [-0.05, 0) is 56.3 Å². The summed E-state index contributed by atoms with van der Waals surface area (Å²) in [5.74, 6) is 0.237. The van der Waals surface area contributed by atoms with Gasteiger partial charge in [0.25, 0.3) is 5.91 Å². The summed E-state index contributed by atoms with van der Waals surface area (Å²) in [6.07, 6.45) is 11.0. The number of piperazine rings is 1. The van der Waals surface area contributed by atoms with Gasteiger partial charge in [-0.25, -0.2) is 0 Å². The zero-order valence-electron chi connectivity index (χ0n) is 27.4. The molecule has 246 valence electrons. The van der Waals surface area contributed by atoms with Crippen LogP contribution < -0.4 is 10.6 Å². The molecule has 0 bridgehead atoms. The van der Waals surface area contributed by atoms with Gasteiger partial charge in [-0.1, -0.05) is 63.3 Å². The highest BCUT2D eigenvalue weighted by Crippen LogP contribution is 2.28. The van der Waals surface area contributed by atoms with E-state index in [9.17, 15) is 19.2 Å². The van der Waals surface area contributed by atoms with Crippen LogP contribution in [0.25, 0.3) is 0 Å². The third kappa shape index (κ3) is 10.2. The molecule has 0 spiro atoms. The predicted molar refractivity (Wildman–Crippen MR) is 175 cm³/mol. The molecule has 1 aromatic heterocycles. The molecule has 1 aliphatic carbocycles. The van der Waals surface area contributed by atoms with Gasteiger partial charge in [-0.15, -0.1) is 0 Å². The average molecular weight is 621 g/mol. The third-order valence-corrected chi connectivity index (χ3v) is 9.42. The summed E-state index contributed by atoms with van der Waals surface area (Å²) in [7, 11) is 2.05. The minimum Gasteiger partial charge on any atom is -0.344 e. The van der Waals surface area contributed by atoms with Crippen molar-refractivity contribution in [1.29, 1.82) is 0 Å². The zero-order chi connectivity index (χ0) is 32.2. The smallest absolute Gasteiger partial charge is 0.270 e. The quantitative estimate of drug-likeness (QED) is 0.313. The van der Waals surface area contributed by atoms with Crippen LogP contribution in [-0.4, -0.2) is 88.4 Å². The van der Waals surface area contributed by atoms with Gasteiger partial charge in [0.05, 0.1) is 6.04 Å². The summed E-state index contributed by atoms with van der Waals surface area (Å²) < 4.78 is 1.65. The Kier molecular flexibility index (Phi) is 13.2. The summed E-state index contributed by atoms with van der Waals surface area (Å²) in [6, 6.07) is 8.52. The molecular formula is C35H52N6O4. The summed E-state index contributed by atoms with van der Waals surface area (Å²) in [4.78, 5) is 56.3. The van der Waals surface area contributed by atoms with Crippen LogP contribution in [0, 0.1) is 5.92 Å². The van der Waals surface area contributed by atoms with Gasteiger partial charge in [0.15, 0.2) is 5.78 Å². The van der Waals surface area contributed by atoms with Gasteiger partial charge < -0.3 is 20.4 Å². The van der Waals surface area contributed by atoms with Crippen molar-refractivity contribution in [3.8, 4) is 0 Å². The molecule has 1 aliphatic heterocycles. The number of nitrogens with zero attached hydrogens (tertiary/aromatic N) is 4. The van der Waals surface area contributed by atoms with Crippen molar-refractivity contribution in [3.63, 3.8) is 0 Å². The Morgan fingerprint density at radius 3 is 2.24 bits per heavy atom. The molecule has 1 saturated heterocycles. The topological polar surface area (TPSA) is 117 Å². The van der Waals surface area contributed by atoms with Gasteiger partial charge in [0.2, 0.25) is 11.8 Å². The first-order valence-corrected chi connectivity index (χ1v) is 17.0. The second-order valence-corrected chi connectivity index (χ2v) is 12.7. The van der Waals surface area contributed by atoms with Crippen molar-refractivity contribution in [1.82, 2.24) is 30.2 Å². The van der Waals surface area contributed by atoms with E-state index in [4.69, 9.17) is 0 Å². The molecule has 10 nitrogen and oxygen atoms in total. The Balaban J connectivity index is 1.36. The van der Waals surface area contributed by atoms with Gasteiger partial charge in [0.1, 0.15) is 11.7 Å². The van der Waals surface area contributed by atoms with E-state index in [2.05, 4.69) is 20.6 Å². The molecule has 2 atom stereocenters. The normalized spacial score (nSPS) is 17.4. The fourth-order valence-corrected chi connectivity index (χ4v) is 6.46. The monoisotopic (exact) mass is 620 g/mol. The fraction of sp³-hybridized carbons (Fsp3) is 0.629. The maximum absolute atomic E-state index is 13.5. The van der Waals surface area contributed by atoms with Gasteiger partial charge in [-0.2, -0.15) is 5.10 Å². The number of Topliss-reactive ketones (excluding diaryl/α,β-unsaturated/α-hetero) is 1. The molecule has 1 saturated carbocycles. The largest absolute Gasteiger partial charge is 0.344 e. The van der Waals surface area contributed by atoms with Crippen LogP contribution in [0.5, 0.6) is 0 Å². The van der Waals surface area contributed by atoms with Gasteiger partial charge in [-0.3, -0.25) is 23.9 Å². The zero-order valence-corrected chi connectivity index (χ0v) is 27.4. The Labute approximate surface area is 268 Å². The van der Waals surface area contributed by atoms with Crippen LogP contribution in [0.3, 0.4) is 0 Å². The molecule has 2 heterocycles. The number of hydrogen-bond acceptors (Lipinski definition) is 6. The van der Waals surface area contributed by atoms with E-state index in [0.717, 1.165) is 30.6 Å². The lowest BCUT2D eigenvalue weighted by Gasteiger charge is -2.34. The lowest BCUT2D eigenvalue weighted by molar-refractivity contribution is -0.137. The first-order chi connectivity index (χ1) is 21.8. The van der Waals surface area contributed by atoms with E-state index in [1.165, 1.54) is 32.1 Å². The predicted octanol–water partition coefficient (Wildman–Crippen LogP) is 3.78. The van der Waals surface area contributed by atoms with Crippen molar-refractivity contribution in [2.45, 2.75) is 103 Å². The minimum atomic E-state index is -0.606. The van der Waals surface area contributed by atoms with E-state index in [1.807, 2.05) is 43.1 Å². The Morgan fingerprint density at radius 1 is 0.889 bits per heavy atom. The summed E-state index contributed by atoms with van der Waals surface area (Å²) >= 11 is 0. The molecule has 10 heteroatoms. The highest BCUT2D eigenvalue weighted by Gasteiger charge is 2.28. The molecule has 2 aliphatic rings. The van der Waals surface area contributed by atoms with E-state index in [0.29, 0.717) is 63.4 Å². The number of amides is 3. The summed E-state index contributed by atoms with van der Waals surface area (Å²) in [5.41, 5.74) is 2.45. The highest BCUT2D eigenvalue weighted by atomic mass is 16.2. The number of rotatable bonds is 15. The number of likely N-dealkylation sites (N-methyl/N-ethyl adjacent to an activating group) is 1. The average Bonchev–Trinajstić information content (AvgIpc) is 3.55. The number of carbonyl (C=O) groups excluding carboxylic acids is 4. The molecule has 3 amide bonds. The molecule has 0 radical (unpaired) electrons. The first-order valence-electron chi connectivity index (χ1n) is 17.0. The van der Waals surface area contributed by atoms with E-state index in [1.54, 1.807) is 23.9 Å². The molecule has 2 fully saturated rings. The SMILES string of the molecule is CCC(=O)N[C@H](Cc1ccc(CCC(=O)[C@H](CCC2CCCCC2)NC(=O)c2ccnn2CC)cc1)C(=O)N1CCN(C)CC1. The molecule has 1 aromatic carbocycles. The Bertz CT molecular complexity index is 1260. The van der Waals surface area contributed by atoms with Crippen molar-refractivity contribution in [3.05, 3.63) is 53.3 Å². The van der Waals surface area contributed by atoms with Gasteiger partial charge in [0, 0.05) is 58.2 Å². The highest BCUT2D eigenvalue weighted by molar-refractivity contribution is 5.96. The van der Waals surface area contributed by atoms with Crippen molar-refractivity contribution >= 4 is 23.5 Å². The molecule has 4 rings (SSSR count). The number of hydrogen-bond donors (Lipinski definition) is 2. The molecular weight excluding hydrogens is 568 g/mol. The lowest BCUT2D eigenvalue weighted by Crippen LogP contribution is -2.54. The van der Waals surface area contributed by atoms with Crippen LogP contribution in [-0.2, 0) is 33.8 Å². The van der Waals surface area contributed by atoms with Crippen LogP contribution in [0.1, 0.15) is 93.3 Å². The van der Waals surface area contributed by atoms with Gasteiger partial charge >= 0.3 is 0 Å². The van der Waals surface area contributed by atoms with Crippen molar-refractivity contribution in [2.75, 3.05) is 33.2 Å². The second-order valence-electron chi connectivity index (χ2n) is 12.7. The lowest BCUT2D eigenvalue weighted by atomic mass is 9.84. The number of benzene rings is 1. The number of nitrogens with one attached hydrogen (secondary N) is 2. The van der Waals surface area contributed by atoms with E-state index < -0.39 is 12.1 Å². The number of aryl methyl sites for hydroxylation is 2. The third-order valence-electron chi connectivity index (χ3n) is 9.42. The van der Waals surface area contributed by atoms with Crippen LogP contribution in [0.2, 0.25) is 0 Å². The maximum atomic E-state index is 13.5. The first kappa shape index (κ1) is 34.3. The summed E-state index contributed by atoms with van der Waals surface area (Å²) in [5, 5.41) is 10.2. The van der Waals surface area contributed by atoms with Crippen molar-refractivity contribution in [2.24, 2.45) is 5.92 Å². The fourth-order valence-electron chi connectivity index (χ4n) is 6.46. The number of carbonyl (C=O) groups is 4. The minimum absolute atomic E-state index is 0.0390. The molecule has 0 unspecified atom stereocenters. The Morgan fingerprint density at radius 2 is 1.58 bits per heavy atom. The number of ketones is 1. The summed E-state index contributed by atoms with van der Waals surface area (Å²) in [6.45, 7) is 7.27. The molecule has 2 N–H and O–H groups in total. The van der Waals surface area contributed by atoms with E-state index >= 15 is 0 Å². The second kappa shape index (κ2) is 17.2.